The summed E-state index contributed by atoms with van der Waals surface area (Å²) in [4.78, 5) is 26.8. The first-order chi connectivity index (χ1) is 17.4. The van der Waals surface area contributed by atoms with E-state index in [1.54, 1.807) is 13.0 Å². The number of anilines is 1. The van der Waals surface area contributed by atoms with Crippen LogP contribution in [-0.2, 0) is 28.9 Å². The van der Waals surface area contributed by atoms with Gasteiger partial charge in [0.25, 0.3) is 0 Å². The predicted molar refractivity (Wildman–Crippen MR) is 146 cm³/mol. The van der Waals surface area contributed by atoms with E-state index in [0.29, 0.717) is 34.8 Å². The van der Waals surface area contributed by atoms with Gasteiger partial charge in [-0.15, -0.1) is 28.1 Å². The van der Waals surface area contributed by atoms with Crippen molar-refractivity contribution in [2.45, 2.75) is 64.1 Å². The van der Waals surface area contributed by atoms with Gasteiger partial charge in [0.05, 0.1) is 17.9 Å². The molecule has 0 bridgehead atoms. The van der Waals surface area contributed by atoms with Crippen LogP contribution in [-0.4, -0.2) is 39.0 Å². The van der Waals surface area contributed by atoms with Crippen LogP contribution < -0.4 is 5.32 Å². The van der Waals surface area contributed by atoms with Gasteiger partial charge in [0.1, 0.15) is 5.00 Å². The van der Waals surface area contributed by atoms with Crippen LogP contribution in [0.25, 0.3) is 11.4 Å². The molecular weight excluding hydrogens is 492 g/mol. The number of thiophene rings is 1. The van der Waals surface area contributed by atoms with Crippen molar-refractivity contribution in [1.82, 2.24) is 14.8 Å². The van der Waals surface area contributed by atoms with Crippen molar-refractivity contribution in [2.24, 2.45) is 0 Å². The minimum absolute atomic E-state index is 0.145. The van der Waals surface area contributed by atoms with Crippen LogP contribution in [0.15, 0.2) is 42.1 Å². The van der Waals surface area contributed by atoms with E-state index >= 15 is 0 Å². The second kappa shape index (κ2) is 11.9. The van der Waals surface area contributed by atoms with E-state index in [1.807, 2.05) is 4.57 Å². The molecule has 0 aliphatic heterocycles. The fourth-order valence-electron chi connectivity index (χ4n) is 4.29. The number of nitrogens with one attached hydrogen (secondary N) is 1. The number of allylic oxidation sites excluding steroid dienone is 1. The van der Waals surface area contributed by atoms with Crippen LogP contribution in [0.5, 0.6) is 0 Å². The van der Waals surface area contributed by atoms with Gasteiger partial charge in [-0.3, -0.25) is 9.36 Å². The van der Waals surface area contributed by atoms with Crippen molar-refractivity contribution in [3.63, 3.8) is 0 Å². The number of thioether (sulfide) groups is 1. The number of nitrogens with zero attached hydrogens (tertiary/aromatic N) is 3. The maximum atomic E-state index is 12.9. The molecule has 0 saturated carbocycles. The van der Waals surface area contributed by atoms with E-state index in [9.17, 15) is 9.59 Å². The average Bonchev–Trinajstić information content (AvgIpc) is 3.44. The second-order valence-corrected chi connectivity index (χ2v) is 11.0. The minimum atomic E-state index is -0.362. The number of esters is 1. The summed E-state index contributed by atoms with van der Waals surface area (Å²) in [7, 11) is 0. The molecule has 0 spiro atoms. The zero-order chi connectivity index (χ0) is 25.7. The van der Waals surface area contributed by atoms with Gasteiger partial charge in [0.15, 0.2) is 11.0 Å². The Morgan fingerprint density at radius 1 is 1.22 bits per heavy atom. The largest absolute Gasteiger partial charge is 0.462 e. The number of benzene rings is 1. The van der Waals surface area contributed by atoms with Gasteiger partial charge in [-0.2, -0.15) is 0 Å². The van der Waals surface area contributed by atoms with Crippen LogP contribution >= 0.6 is 23.1 Å². The molecule has 1 aromatic carbocycles. The van der Waals surface area contributed by atoms with Gasteiger partial charge in [-0.05, 0) is 49.7 Å². The lowest BCUT2D eigenvalue weighted by Crippen LogP contribution is -2.17. The molecule has 190 valence electrons. The van der Waals surface area contributed by atoms with Gasteiger partial charge >= 0.3 is 5.97 Å². The molecule has 9 heteroatoms. The summed E-state index contributed by atoms with van der Waals surface area (Å²) < 4.78 is 7.25. The summed E-state index contributed by atoms with van der Waals surface area (Å²) in [6, 6.07) is 8.31. The number of carbonyl (C=O) groups excluding carboxylic acids is 2. The Kier molecular flexibility index (Phi) is 8.64. The van der Waals surface area contributed by atoms with Crippen molar-refractivity contribution in [3.8, 4) is 11.4 Å². The summed E-state index contributed by atoms with van der Waals surface area (Å²) in [5, 5.41) is 12.9. The highest BCUT2D eigenvalue weighted by Gasteiger charge is 2.27. The molecule has 0 fully saturated rings. The zero-order valence-corrected chi connectivity index (χ0v) is 22.6. The molecule has 0 radical (unpaired) electrons. The maximum Gasteiger partial charge on any atom is 0.341 e. The van der Waals surface area contributed by atoms with E-state index in [4.69, 9.17) is 4.74 Å². The van der Waals surface area contributed by atoms with E-state index in [0.717, 1.165) is 42.6 Å². The molecule has 0 saturated heterocycles. The lowest BCUT2D eigenvalue weighted by atomic mass is 9.95. The number of carbonyl (C=O) groups is 2. The first-order valence-electron chi connectivity index (χ1n) is 12.3. The molecule has 2 heterocycles. The molecule has 0 atom stereocenters. The predicted octanol–water partition coefficient (Wildman–Crippen LogP) is 6.10. The van der Waals surface area contributed by atoms with Crippen molar-refractivity contribution < 1.29 is 14.3 Å². The summed E-state index contributed by atoms with van der Waals surface area (Å²) in [6.45, 7) is 10.8. The standard InChI is InChI=1S/C27H32N4O3S2/c1-5-15-31-24(19-13-11-18(12-14-19)17(3)4)29-30-27(31)35-16-22(32)28-25-23(26(33)34-6-2)20-9-7-8-10-21(20)36-25/h5,11-14,17H,1,6-10,15-16H2,2-4H3,(H,28,32). The van der Waals surface area contributed by atoms with Crippen LogP contribution in [0.4, 0.5) is 5.00 Å². The molecule has 36 heavy (non-hydrogen) atoms. The van der Waals surface area contributed by atoms with Gasteiger partial charge in [-0.1, -0.05) is 56.0 Å². The Balaban J connectivity index is 1.49. The zero-order valence-electron chi connectivity index (χ0n) is 21.0. The number of hydrogen-bond donors (Lipinski definition) is 1. The fourth-order valence-corrected chi connectivity index (χ4v) is 6.33. The molecule has 0 unspecified atom stereocenters. The Morgan fingerprint density at radius 3 is 2.67 bits per heavy atom. The van der Waals surface area contributed by atoms with Crippen molar-refractivity contribution in [3.05, 3.63) is 58.5 Å². The minimum Gasteiger partial charge on any atom is -0.462 e. The first-order valence-corrected chi connectivity index (χ1v) is 14.1. The average molecular weight is 525 g/mol. The summed E-state index contributed by atoms with van der Waals surface area (Å²) in [6.07, 6.45) is 5.71. The normalized spacial score (nSPS) is 12.9. The number of rotatable bonds is 10. The molecule has 1 N–H and O–H groups in total. The molecular formula is C27H32N4O3S2. The number of amides is 1. The summed E-state index contributed by atoms with van der Waals surface area (Å²) >= 11 is 2.81. The van der Waals surface area contributed by atoms with Crippen molar-refractivity contribution >= 4 is 40.0 Å². The topological polar surface area (TPSA) is 86.1 Å². The Hall–Kier alpha value is -2.91. The first kappa shape index (κ1) is 26.2. The lowest BCUT2D eigenvalue weighted by Gasteiger charge is -2.12. The third kappa shape index (κ3) is 5.73. The Bertz CT molecular complexity index is 1240. The van der Waals surface area contributed by atoms with Crippen LogP contribution in [0.2, 0.25) is 0 Å². The fraction of sp³-hybridized carbons (Fsp3) is 0.407. The number of ether oxygens (including phenoxy) is 1. The van der Waals surface area contributed by atoms with E-state index < -0.39 is 0 Å². The van der Waals surface area contributed by atoms with Crippen LogP contribution in [0.3, 0.4) is 0 Å². The number of fused-ring (bicyclic) bond motifs is 1. The lowest BCUT2D eigenvalue weighted by molar-refractivity contribution is -0.113. The monoisotopic (exact) mass is 524 g/mol. The van der Waals surface area contributed by atoms with Gasteiger partial charge in [-0.25, -0.2) is 4.79 Å². The third-order valence-corrected chi connectivity index (χ3v) is 8.27. The molecule has 1 aliphatic carbocycles. The molecule has 1 aliphatic rings. The highest BCUT2D eigenvalue weighted by molar-refractivity contribution is 7.99. The quantitative estimate of drug-likeness (QED) is 0.196. The smallest absolute Gasteiger partial charge is 0.341 e. The Morgan fingerprint density at radius 2 is 1.97 bits per heavy atom. The highest BCUT2D eigenvalue weighted by atomic mass is 32.2. The Labute approximate surface area is 220 Å². The number of aryl methyl sites for hydroxylation is 1. The SMILES string of the molecule is C=CCn1c(SCC(=O)Nc2sc3c(c2C(=O)OCC)CCCC3)nnc1-c1ccc(C(C)C)cc1. The van der Waals surface area contributed by atoms with Crippen molar-refractivity contribution in [2.75, 3.05) is 17.7 Å². The maximum absolute atomic E-state index is 12.9. The molecule has 2 aromatic heterocycles. The van der Waals surface area contributed by atoms with E-state index in [2.05, 4.69) is 60.2 Å². The van der Waals surface area contributed by atoms with Gasteiger partial charge in [0.2, 0.25) is 5.91 Å². The molecule has 7 nitrogen and oxygen atoms in total. The highest BCUT2D eigenvalue weighted by Crippen LogP contribution is 2.38. The van der Waals surface area contributed by atoms with Crippen LogP contribution in [0, 0.1) is 0 Å². The van der Waals surface area contributed by atoms with Crippen LogP contribution in [0.1, 0.15) is 65.9 Å². The molecule has 1 amide bonds. The molecule has 3 aromatic rings. The second-order valence-electron chi connectivity index (χ2n) is 8.95. The summed E-state index contributed by atoms with van der Waals surface area (Å²) in [5.41, 5.74) is 3.79. The van der Waals surface area contributed by atoms with E-state index in [1.165, 1.54) is 33.5 Å². The van der Waals surface area contributed by atoms with Gasteiger partial charge in [0, 0.05) is 17.0 Å². The summed E-state index contributed by atoms with van der Waals surface area (Å²) in [5.74, 6) is 0.780. The number of hydrogen-bond acceptors (Lipinski definition) is 7. The van der Waals surface area contributed by atoms with E-state index in [-0.39, 0.29) is 17.6 Å². The van der Waals surface area contributed by atoms with Gasteiger partial charge < -0.3 is 10.1 Å². The third-order valence-electron chi connectivity index (χ3n) is 6.10. The molecule has 4 rings (SSSR count). The van der Waals surface area contributed by atoms with Crippen molar-refractivity contribution in [1.29, 1.82) is 0 Å². The number of aromatic nitrogens is 3.